The lowest BCUT2D eigenvalue weighted by molar-refractivity contribution is -0.127. The SMILES string of the molecule is CCc1ccc(OCCNC(=O)C2CN(S(=O)(=O)Cc3ccccc3)c3ccccc3O2)cc1. The van der Waals surface area contributed by atoms with Crippen molar-refractivity contribution in [1.29, 1.82) is 0 Å². The second-order valence-corrected chi connectivity index (χ2v) is 9.88. The Labute approximate surface area is 200 Å². The Morgan fingerprint density at radius 3 is 2.44 bits per heavy atom. The summed E-state index contributed by atoms with van der Waals surface area (Å²) in [5.41, 5.74) is 2.33. The Kier molecular flexibility index (Phi) is 7.37. The molecule has 0 bridgehead atoms. The first-order valence-corrected chi connectivity index (χ1v) is 12.9. The van der Waals surface area contributed by atoms with Crippen LogP contribution >= 0.6 is 0 Å². The van der Waals surface area contributed by atoms with Gasteiger partial charge in [-0.15, -0.1) is 0 Å². The first-order chi connectivity index (χ1) is 16.5. The van der Waals surface area contributed by atoms with Gasteiger partial charge in [-0.3, -0.25) is 9.10 Å². The van der Waals surface area contributed by atoms with Gasteiger partial charge in [0.25, 0.3) is 5.91 Å². The van der Waals surface area contributed by atoms with Gasteiger partial charge in [-0.2, -0.15) is 0 Å². The highest BCUT2D eigenvalue weighted by Crippen LogP contribution is 2.35. The molecule has 4 rings (SSSR count). The first-order valence-electron chi connectivity index (χ1n) is 11.3. The molecule has 3 aromatic carbocycles. The Bertz CT molecular complexity index is 1210. The van der Waals surface area contributed by atoms with Crippen molar-refractivity contribution in [3.05, 3.63) is 90.0 Å². The van der Waals surface area contributed by atoms with Crippen molar-refractivity contribution in [1.82, 2.24) is 5.32 Å². The van der Waals surface area contributed by atoms with E-state index in [2.05, 4.69) is 12.2 Å². The fourth-order valence-corrected chi connectivity index (χ4v) is 5.33. The predicted molar refractivity (Wildman–Crippen MR) is 132 cm³/mol. The van der Waals surface area contributed by atoms with Crippen LogP contribution in [0.15, 0.2) is 78.9 Å². The van der Waals surface area contributed by atoms with Gasteiger partial charge in [0.05, 0.1) is 24.5 Å². The summed E-state index contributed by atoms with van der Waals surface area (Å²) in [6.07, 6.45) is -0.0110. The lowest BCUT2D eigenvalue weighted by atomic mass is 10.2. The van der Waals surface area contributed by atoms with E-state index in [1.54, 1.807) is 48.5 Å². The van der Waals surface area contributed by atoms with Crippen LogP contribution in [0.5, 0.6) is 11.5 Å². The monoisotopic (exact) mass is 480 g/mol. The molecule has 1 amide bonds. The molecule has 0 fully saturated rings. The van der Waals surface area contributed by atoms with E-state index >= 15 is 0 Å². The number of ether oxygens (including phenoxy) is 2. The molecule has 178 valence electrons. The normalized spacial score (nSPS) is 15.2. The van der Waals surface area contributed by atoms with Crippen molar-refractivity contribution >= 4 is 21.6 Å². The maximum atomic E-state index is 13.3. The molecule has 0 saturated heterocycles. The summed E-state index contributed by atoms with van der Waals surface area (Å²) < 4.78 is 39.3. The number of carbonyl (C=O) groups excluding carboxylic acids is 1. The molecule has 1 atom stereocenters. The average molecular weight is 481 g/mol. The number of benzene rings is 3. The fraction of sp³-hybridized carbons (Fsp3) is 0.269. The van der Waals surface area contributed by atoms with Crippen molar-refractivity contribution in [2.45, 2.75) is 25.2 Å². The third-order valence-corrected chi connectivity index (χ3v) is 7.27. The number of nitrogens with one attached hydrogen (secondary N) is 1. The lowest BCUT2D eigenvalue weighted by Crippen LogP contribution is -2.51. The summed E-state index contributed by atoms with van der Waals surface area (Å²) in [4.78, 5) is 12.8. The third kappa shape index (κ3) is 5.69. The number of amides is 1. The number of fused-ring (bicyclic) bond motifs is 1. The van der Waals surface area contributed by atoms with Crippen LogP contribution in [0.1, 0.15) is 18.1 Å². The maximum Gasteiger partial charge on any atom is 0.263 e. The molecule has 7 nitrogen and oxygen atoms in total. The summed E-state index contributed by atoms with van der Waals surface area (Å²) >= 11 is 0. The van der Waals surface area contributed by atoms with Gasteiger partial charge < -0.3 is 14.8 Å². The topological polar surface area (TPSA) is 84.9 Å². The minimum Gasteiger partial charge on any atom is -0.492 e. The van der Waals surface area contributed by atoms with Gasteiger partial charge in [0.1, 0.15) is 18.1 Å². The number of para-hydroxylation sites is 2. The zero-order valence-electron chi connectivity index (χ0n) is 19.0. The molecule has 1 aliphatic heterocycles. The Morgan fingerprint density at radius 1 is 1.00 bits per heavy atom. The summed E-state index contributed by atoms with van der Waals surface area (Å²) in [5, 5.41) is 2.79. The minimum atomic E-state index is -3.73. The summed E-state index contributed by atoms with van der Waals surface area (Å²) in [5.74, 6) is 0.533. The number of hydrogen-bond acceptors (Lipinski definition) is 5. The smallest absolute Gasteiger partial charge is 0.263 e. The van der Waals surface area contributed by atoms with Gasteiger partial charge >= 0.3 is 0 Å². The van der Waals surface area contributed by atoms with E-state index in [1.807, 2.05) is 30.3 Å². The number of nitrogens with zero attached hydrogens (tertiary/aromatic N) is 1. The second-order valence-electron chi connectivity index (χ2n) is 7.98. The number of aryl methyl sites for hydroxylation is 1. The molecular weight excluding hydrogens is 452 g/mol. The molecule has 3 aromatic rings. The van der Waals surface area contributed by atoms with Gasteiger partial charge in [-0.25, -0.2) is 8.42 Å². The first kappa shape index (κ1) is 23.6. The quantitative estimate of drug-likeness (QED) is 0.474. The van der Waals surface area contributed by atoms with Gasteiger partial charge in [-0.1, -0.05) is 61.5 Å². The Hall–Kier alpha value is -3.52. The third-order valence-electron chi connectivity index (χ3n) is 5.56. The van der Waals surface area contributed by atoms with Crippen molar-refractivity contribution in [3.8, 4) is 11.5 Å². The van der Waals surface area contributed by atoms with Crippen LogP contribution in [0.4, 0.5) is 5.69 Å². The largest absolute Gasteiger partial charge is 0.492 e. The van der Waals surface area contributed by atoms with E-state index in [1.165, 1.54) is 9.87 Å². The number of hydrogen-bond donors (Lipinski definition) is 1. The van der Waals surface area contributed by atoms with Crippen LogP contribution in [0.3, 0.4) is 0 Å². The highest BCUT2D eigenvalue weighted by atomic mass is 32.2. The van der Waals surface area contributed by atoms with E-state index in [0.717, 1.165) is 12.2 Å². The van der Waals surface area contributed by atoms with Crippen molar-refractivity contribution in [2.24, 2.45) is 0 Å². The number of sulfonamides is 1. The molecule has 34 heavy (non-hydrogen) atoms. The summed E-state index contributed by atoms with van der Waals surface area (Å²) in [6.45, 7) is 2.55. The molecule has 0 saturated carbocycles. The van der Waals surface area contributed by atoms with E-state index in [9.17, 15) is 13.2 Å². The van der Waals surface area contributed by atoms with Gasteiger partial charge in [0.2, 0.25) is 10.0 Å². The fourth-order valence-electron chi connectivity index (χ4n) is 3.74. The van der Waals surface area contributed by atoms with Crippen molar-refractivity contribution in [3.63, 3.8) is 0 Å². The van der Waals surface area contributed by atoms with Gasteiger partial charge in [0, 0.05) is 0 Å². The van der Waals surface area contributed by atoms with E-state index < -0.39 is 16.1 Å². The molecule has 0 radical (unpaired) electrons. The molecule has 8 heteroatoms. The van der Waals surface area contributed by atoms with Gasteiger partial charge in [0.15, 0.2) is 6.10 Å². The maximum absolute atomic E-state index is 13.3. The lowest BCUT2D eigenvalue weighted by Gasteiger charge is -2.34. The standard InChI is InChI=1S/C26H28N2O5S/c1-2-20-12-14-22(15-13-20)32-17-16-27-26(29)25-18-28(23-10-6-7-11-24(23)33-25)34(30,31)19-21-8-4-3-5-9-21/h3-15,25H,2,16-19H2,1H3,(H,27,29). The Morgan fingerprint density at radius 2 is 1.71 bits per heavy atom. The van der Waals surface area contributed by atoms with Gasteiger partial charge in [-0.05, 0) is 41.8 Å². The highest BCUT2D eigenvalue weighted by molar-refractivity contribution is 7.92. The molecule has 0 spiro atoms. The summed E-state index contributed by atoms with van der Waals surface area (Å²) in [7, 11) is -3.73. The molecule has 1 aliphatic rings. The minimum absolute atomic E-state index is 0.0999. The number of carbonyl (C=O) groups is 1. The van der Waals surface area contributed by atoms with E-state index in [-0.39, 0.29) is 31.4 Å². The van der Waals surface area contributed by atoms with Crippen LogP contribution < -0.4 is 19.1 Å². The van der Waals surface area contributed by atoms with Crippen molar-refractivity contribution in [2.75, 3.05) is 24.0 Å². The zero-order chi connectivity index (χ0) is 24.0. The van der Waals surface area contributed by atoms with E-state index in [0.29, 0.717) is 17.0 Å². The second kappa shape index (κ2) is 10.6. The zero-order valence-corrected chi connectivity index (χ0v) is 19.8. The van der Waals surface area contributed by atoms with Crippen LogP contribution in [-0.4, -0.2) is 40.1 Å². The van der Waals surface area contributed by atoms with Crippen LogP contribution in [0.2, 0.25) is 0 Å². The molecular formula is C26H28N2O5S. The van der Waals surface area contributed by atoms with Crippen LogP contribution in [0.25, 0.3) is 0 Å². The average Bonchev–Trinajstić information content (AvgIpc) is 2.86. The molecule has 1 unspecified atom stereocenters. The van der Waals surface area contributed by atoms with Crippen LogP contribution in [0, 0.1) is 0 Å². The molecule has 0 aromatic heterocycles. The predicted octanol–water partition coefficient (Wildman–Crippen LogP) is 3.54. The van der Waals surface area contributed by atoms with E-state index in [4.69, 9.17) is 9.47 Å². The number of anilines is 1. The summed E-state index contributed by atoms with van der Waals surface area (Å²) in [6, 6.07) is 23.6. The molecule has 0 aliphatic carbocycles. The molecule has 1 heterocycles. The Balaban J connectivity index is 1.40. The molecule has 1 N–H and O–H groups in total. The number of rotatable bonds is 9. The van der Waals surface area contributed by atoms with Crippen molar-refractivity contribution < 1.29 is 22.7 Å². The van der Waals surface area contributed by atoms with Crippen LogP contribution in [-0.2, 0) is 27.0 Å². The highest BCUT2D eigenvalue weighted by Gasteiger charge is 2.36.